The summed E-state index contributed by atoms with van der Waals surface area (Å²) < 4.78 is 57.2. The lowest BCUT2D eigenvalue weighted by Gasteiger charge is -2.32. The Morgan fingerprint density at radius 1 is 1.12 bits per heavy atom. The van der Waals surface area contributed by atoms with Gasteiger partial charge in [-0.15, -0.1) is 0 Å². The first-order chi connectivity index (χ1) is 20.1. The van der Waals surface area contributed by atoms with E-state index in [1.54, 1.807) is 27.0 Å². The number of aromatic nitrogens is 2. The van der Waals surface area contributed by atoms with Gasteiger partial charge in [-0.05, 0) is 63.3 Å². The van der Waals surface area contributed by atoms with Crippen molar-refractivity contribution in [1.82, 2.24) is 19.8 Å². The Hall–Kier alpha value is -3.37. The Labute approximate surface area is 245 Å². The van der Waals surface area contributed by atoms with Crippen LogP contribution in [0.5, 0.6) is 0 Å². The minimum Gasteiger partial charge on any atom is -0.444 e. The van der Waals surface area contributed by atoms with E-state index >= 15 is 4.39 Å². The van der Waals surface area contributed by atoms with Crippen molar-refractivity contribution in [2.75, 3.05) is 32.8 Å². The van der Waals surface area contributed by atoms with E-state index in [-0.39, 0.29) is 30.6 Å². The van der Waals surface area contributed by atoms with Crippen molar-refractivity contribution in [2.45, 2.75) is 58.0 Å². The van der Waals surface area contributed by atoms with Crippen LogP contribution in [0, 0.1) is 23.5 Å². The molecule has 0 unspecified atom stereocenters. The maximum Gasteiger partial charge on any atom is 0.410 e. The molecule has 5 rings (SSSR count). The first kappa shape index (κ1) is 30.1. The molecule has 1 amide bonds. The number of likely N-dealkylation sites (tertiary alicyclic amines) is 1. The molecule has 226 valence electrons. The molecule has 2 aliphatic heterocycles. The average Bonchev–Trinajstić information content (AvgIpc) is 3.54. The third-order valence-corrected chi connectivity index (χ3v) is 7.84. The van der Waals surface area contributed by atoms with E-state index in [1.807, 2.05) is 34.9 Å². The number of imidazole rings is 1. The van der Waals surface area contributed by atoms with Gasteiger partial charge in [-0.25, -0.2) is 22.9 Å². The van der Waals surface area contributed by atoms with Crippen LogP contribution in [0.25, 0.3) is 11.3 Å². The highest BCUT2D eigenvalue weighted by atomic mass is 19.1. The molecule has 0 saturated carbocycles. The van der Waals surface area contributed by atoms with Crippen LogP contribution < -0.4 is 5.32 Å². The Morgan fingerprint density at radius 3 is 2.57 bits per heavy atom. The predicted octanol–water partition coefficient (Wildman–Crippen LogP) is 6.14. The minimum atomic E-state index is -1.21. The van der Waals surface area contributed by atoms with E-state index in [0.717, 1.165) is 36.6 Å². The number of carbonyl (C=O) groups is 1. The zero-order valence-electron chi connectivity index (χ0n) is 24.4. The van der Waals surface area contributed by atoms with Crippen molar-refractivity contribution >= 4 is 6.09 Å². The summed E-state index contributed by atoms with van der Waals surface area (Å²) in [7, 11) is 0. The van der Waals surface area contributed by atoms with Gasteiger partial charge in [0.15, 0.2) is 0 Å². The van der Waals surface area contributed by atoms with Crippen LogP contribution in [0.1, 0.15) is 51.0 Å². The standard InChI is InChI=1S/C32H39F3N4O3/c1-32(2,3)42-31(40)39-18-23(27(35)19-39)16-36-29(22-11-13-41-14-12-22)30-37-28(25-15-24(33)9-10-26(25)34)20-38(30)17-21-7-5-4-6-8-21/h4-10,15,20,22-23,27,29,36H,11-14,16-19H2,1-3H3/t23-,27+,29-/m1/s1. The van der Waals surface area contributed by atoms with Crippen LogP contribution in [0.2, 0.25) is 0 Å². The fraction of sp³-hybridized carbons (Fsp3) is 0.500. The zero-order valence-corrected chi connectivity index (χ0v) is 24.4. The first-order valence-electron chi connectivity index (χ1n) is 14.6. The number of benzene rings is 2. The molecule has 2 saturated heterocycles. The normalized spacial score (nSPS) is 20.6. The Balaban J connectivity index is 1.44. The van der Waals surface area contributed by atoms with Crippen molar-refractivity contribution in [3.63, 3.8) is 0 Å². The van der Waals surface area contributed by atoms with Gasteiger partial charge in [-0.2, -0.15) is 0 Å². The summed E-state index contributed by atoms with van der Waals surface area (Å²) >= 11 is 0. The molecule has 7 nitrogen and oxygen atoms in total. The van der Waals surface area contributed by atoms with Crippen molar-refractivity contribution < 1.29 is 27.4 Å². The maximum atomic E-state index is 15.2. The van der Waals surface area contributed by atoms with Gasteiger partial charge in [0.2, 0.25) is 0 Å². The molecule has 3 atom stereocenters. The molecule has 0 spiro atoms. The monoisotopic (exact) mass is 584 g/mol. The number of rotatable bonds is 8. The quantitative estimate of drug-likeness (QED) is 0.345. The zero-order chi connectivity index (χ0) is 29.9. The lowest BCUT2D eigenvalue weighted by atomic mass is 9.90. The number of hydrogen-bond donors (Lipinski definition) is 1. The minimum absolute atomic E-state index is 0.0190. The second-order valence-corrected chi connectivity index (χ2v) is 12.2. The van der Waals surface area contributed by atoms with Crippen molar-refractivity contribution in [3.8, 4) is 11.3 Å². The van der Waals surface area contributed by atoms with E-state index < -0.39 is 35.4 Å². The molecular formula is C32H39F3N4O3. The molecule has 2 fully saturated rings. The Kier molecular flexibility index (Phi) is 9.22. The van der Waals surface area contributed by atoms with Crippen molar-refractivity contribution in [2.24, 2.45) is 11.8 Å². The number of nitrogens with zero attached hydrogens (tertiary/aromatic N) is 3. The van der Waals surface area contributed by atoms with E-state index in [2.05, 4.69) is 5.32 Å². The van der Waals surface area contributed by atoms with Crippen molar-refractivity contribution in [1.29, 1.82) is 0 Å². The topological polar surface area (TPSA) is 68.6 Å². The number of alkyl halides is 1. The molecule has 0 bridgehead atoms. The van der Waals surface area contributed by atoms with Gasteiger partial charge in [-0.3, -0.25) is 0 Å². The average molecular weight is 585 g/mol. The number of halogens is 3. The van der Waals surface area contributed by atoms with Gasteiger partial charge in [0.05, 0.1) is 18.3 Å². The number of ether oxygens (including phenoxy) is 2. The summed E-state index contributed by atoms with van der Waals surface area (Å²) in [5.41, 5.74) is 0.779. The third kappa shape index (κ3) is 7.33. The summed E-state index contributed by atoms with van der Waals surface area (Å²) in [5, 5.41) is 3.58. The highest BCUT2D eigenvalue weighted by Gasteiger charge is 2.39. The van der Waals surface area contributed by atoms with Gasteiger partial charge in [0.1, 0.15) is 29.2 Å². The molecule has 10 heteroatoms. The number of nitrogens with one attached hydrogen (secondary N) is 1. The van der Waals surface area contributed by atoms with Crippen LogP contribution >= 0.6 is 0 Å². The third-order valence-electron chi connectivity index (χ3n) is 7.84. The van der Waals surface area contributed by atoms with E-state index in [4.69, 9.17) is 14.5 Å². The molecule has 42 heavy (non-hydrogen) atoms. The molecule has 0 aliphatic carbocycles. The maximum absolute atomic E-state index is 15.2. The van der Waals surface area contributed by atoms with Crippen LogP contribution in [-0.4, -0.2) is 65.2 Å². The van der Waals surface area contributed by atoms with Gasteiger partial charge in [0, 0.05) is 50.5 Å². The predicted molar refractivity (Wildman–Crippen MR) is 154 cm³/mol. The van der Waals surface area contributed by atoms with Gasteiger partial charge >= 0.3 is 6.09 Å². The second kappa shape index (κ2) is 12.9. The van der Waals surface area contributed by atoms with Crippen molar-refractivity contribution in [3.05, 3.63) is 77.8 Å². The van der Waals surface area contributed by atoms with Crippen LogP contribution in [0.15, 0.2) is 54.7 Å². The molecule has 3 aromatic rings. The molecule has 3 heterocycles. The Morgan fingerprint density at radius 2 is 1.86 bits per heavy atom. The Bertz CT molecular complexity index is 1350. The highest BCUT2D eigenvalue weighted by Crippen LogP contribution is 2.34. The van der Waals surface area contributed by atoms with E-state index in [0.29, 0.717) is 37.8 Å². The van der Waals surface area contributed by atoms with Crippen LogP contribution in [-0.2, 0) is 16.0 Å². The number of amides is 1. The summed E-state index contributed by atoms with van der Waals surface area (Å²) in [6, 6.07) is 12.9. The van der Waals surface area contributed by atoms with Crippen LogP contribution in [0.4, 0.5) is 18.0 Å². The van der Waals surface area contributed by atoms with E-state index in [9.17, 15) is 13.6 Å². The lowest BCUT2D eigenvalue weighted by Crippen LogP contribution is -2.39. The molecule has 2 aliphatic rings. The summed E-state index contributed by atoms with van der Waals surface area (Å²) in [5.74, 6) is -0.743. The molecular weight excluding hydrogens is 545 g/mol. The second-order valence-electron chi connectivity index (χ2n) is 12.2. The van der Waals surface area contributed by atoms with Gasteiger partial charge < -0.3 is 24.3 Å². The SMILES string of the molecule is CC(C)(C)OC(=O)N1C[C@@H](CN[C@@H](c2nc(-c3cc(F)ccc3F)cn2Cc2ccccc2)C2CCOCC2)[C@@H](F)C1. The first-order valence-corrected chi connectivity index (χ1v) is 14.6. The lowest BCUT2D eigenvalue weighted by molar-refractivity contribution is 0.0280. The molecule has 0 radical (unpaired) electrons. The summed E-state index contributed by atoms with van der Waals surface area (Å²) in [6.07, 6.45) is 1.57. The number of hydrogen-bond acceptors (Lipinski definition) is 5. The summed E-state index contributed by atoms with van der Waals surface area (Å²) in [4.78, 5) is 18.9. The molecule has 1 aromatic heterocycles. The highest BCUT2D eigenvalue weighted by molar-refractivity contribution is 5.68. The number of carbonyl (C=O) groups excluding carboxylic acids is 1. The molecule has 2 aromatic carbocycles. The van der Waals surface area contributed by atoms with Gasteiger partial charge in [-0.1, -0.05) is 30.3 Å². The van der Waals surface area contributed by atoms with Gasteiger partial charge in [0.25, 0.3) is 0 Å². The fourth-order valence-electron chi connectivity index (χ4n) is 5.70. The van der Waals surface area contributed by atoms with Crippen LogP contribution in [0.3, 0.4) is 0 Å². The van der Waals surface area contributed by atoms with E-state index in [1.165, 1.54) is 4.90 Å². The molecule has 1 N–H and O–H groups in total. The fourth-order valence-corrected chi connectivity index (χ4v) is 5.70. The smallest absolute Gasteiger partial charge is 0.410 e. The summed E-state index contributed by atoms with van der Waals surface area (Å²) in [6.45, 7) is 7.54. The largest absolute Gasteiger partial charge is 0.444 e.